The third-order valence-electron chi connectivity index (χ3n) is 4.34. The number of ketones is 1. The number of nitrogens with one attached hydrogen (secondary N) is 1. The average Bonchev–Trinajstić information content (AvgIpc) is 2.89. The molecule has 0 fully saturated rings. The fraction of sp³-hybridized carbons (Fsp3) is 0.143. The molecular formula is C21H18ClNO2S. The highest BCUT2D eigenvalue weighted by Gasteiger charge is 2.22. The first-order valence-corrected chi connectivity index (χ1v) is 9.35. The Morgan fingerprint density at radius 2 is 1.62 bits per heavy atom. The Labute approximate surface area is 161 Å². The first-order valence-electron chi connectivity index (χ1n) is 8.15. The van der Waals surface area contributed by atoms with E-state index >= 15 is 0 Å². The van der Waals surface area contributed by atoms with E-state index in [1.807, 2.05) is 39.0 Å². The zero-order valence-corrected chi connectivity index (χ0v) is 16.3. The molecule has 0 saturated carbocycles. The van der Waals surface area contributed by atoms with Crippen molar-refractivity contribution in [2.45, 2.75) is 20.8 Å². The first-order chi connectivity index (χ1) is 12.4. The number of hydrogen-bond donors (Lipinski definition) is 1. The number of amides is 1. The fourth-order valence-electron chi connectivity index (χ4n) is 2.73. The smallest absolute Gasteiger partial charge is 0.256 e. The molecule has 26 heavy (non-hydrogen) atoms. The molecule has 0 spiro atoms. The number of hydrogen-bond acceptors (Lipinski definition) is 3. The second-order valence-corrected chi connectivity index (χ2v) is 7.75. The quantitative estimate of drug-likeness (QED) is 0.578. The van der Waals surface area contributed by atoms with E-state index in [0.29, 0.717) is 26.7 Å². The van der Waals surface area contributed by atoms with Gasteiger partial charge in [0.1, 0.15) is 5.00 Å². The molecule has 0 radical (unpaired) electrons. The molecular weight excluding hydrogens is 366 g/mol. The summed E-state index contributed by atoms with van der Waals surface area (Å²) in [5.74, 6) is -0.335. The number of carbonyl (C=O) groups is 2. The Bertz CT molecular complexity index is 990. The van der Waals surface area contributed by atoms with Crippen molar-refractivity contribution in [1.29, 1.82) is 0 Å². The van der Waals surface area contributed by atoms with E-state index < -0.39 is 0 Å². The van der Waals surface area contributed by atoms with Gasteiger partial charge in [0.15, 0.2) is 5.78 Å². The lowest BCUT2D eigenvalue weighted by Gasteiger charge is -2.09. The predicted octanol–water partition coefficient (Wildman–Crippen LogP) is 5.81. The maximum atomic E-state index is 13.0. The number of halogens is 1. The van der Waals surface area contributed by atoms with Gasteiger partial charge >= 0.3 is 0 Å². The van der Waals surface area contributed by atoms with Crippen LogP contribution >= 0.6 is 22.9 Å². The summed E-state index contributed by atoms with van der Waals surface area (Å²) in [4.78, 5) is 26.7. The highest BCUT2D eigenvalue weighted by Crippen LogP contribution is 2.34. The van der Waals surface area contributed by atoms with Gasteiger partial charge in [-0.3, -0.25) is 9.59 Å². The SMILES string of the molecule is Cc1ccccc1C(=O)Nc1sc(C)c(C)c1C(=O)c1ccc(Cl)cc1. The van der Waals surface area contributed by atoms with E-state index in [1.54, 1.807) is 30.3 Å². The number of carbonyl (C=O) groups excluding carboxylic acids is 2. The molecule has 2 aromatic carbocycles. The molecule has 0 aliphatic rings. The van der Waals surface area contributed by atoms with Crippen LogP contribution in [0.2, 0.25) is 5.02 Å². The summed E-state index contributed by atoms with van der Waals surface area (Å²) < 4.78 is 0. The van der Waals surface area contributed by atoms with Gasteiger partial charge in [0, 0.05) is 21.0 Å². The van der Waals surface area contributed by atoms with Crippen molar-refractivity contribution in [3.8, 4) is 0 Å². The lowest BCUT2D eigenvalue weighted by molar-refractivity contribution is 0.102. The number of aryl methyl sites for hydroxylation is 2. The predicted molar refractivity (Wildman–Crippen MR) is 108 cm³/mol. The maximum Gasteiger partial charge on any atom is 0.256 e. The van der Waals surface area contributed by atoms with E-state index in [-0.39, 0.29) is 11.7 Å². The average molecular weight is 384 g/mol. The van der Waals surface area contributed by atoms with Gasteiger partial charge in [0.05, 0.1) is 5.56 Å². The van der Waals surface area contributed by atoms with Gasteiger partial charge in [-0.25, -0.2) is 0 Å². The Hall–Kier alpha value is -2.43. The number of benzene rings is 2. The third kappa shape index (κ3) is 3.57. The molecule has 5 heteroatoms. The molecule has 0 atom stereocenters. The number of thiophene rings is 1. The fourth-order valence-corrected chi connectivity index (χ4v) is 3.91. The van der Waals surface area contributed by atoms with Crippen LogP contribution in [0.4, 0.5) is 5.00 Å². The van der Waals surface area contributed by atoms with Crippen LogP contribution in [-0.4, -0.2) is 11.7 Å². The molecule has 1 N–H and O–H groups in total. The van der Waals surface area contributed by atoms with Crippen LogP contribution in [0.1, 0.15) is 42.3 Å². The molecule has 0 saturated heterocycles. The van der Waals surface area contributed by atoms with Gasteiger partial charge in [-0.05, 0) is 62.2 Å². The third-order valence-corrected chi connectivity index (χ3v) is 5.71. The summed E-state index contributed by atoms with van der Waals surface area (Å²) in [6.07, 6.45) is 0. The van der Waals surface area contributed by atoms with Crippen LogP contribution in [0.3, 0.4) is 0 Å². The second-order valence-electron chi connectivity index (χ2n) is 6.09. The minimum atomic E-state index is -0.213. The van der Waals surface area contributed by atoms with Crippen LogP contribution in [0.5, 0.6) is 0 Å². The Kier molecular flexibility index (Phi) is 5.25. The van der Waals surface area contributed by atoms with Crippen LogP contribution in [0, 0.1) is 20.8 Å². The van der Waals surface area contributed by atoms with E-state index in [2.05, 4.69) is 5.32 Å². The van der Waals surface area contributed by atoms with Crippen molar-refractivity contribution < 1.29 is 9.59 Å². The van der Waals surface area contributed by atoms with E-state index in [4.69, 9.17) is 11.6 Å². The Morgan fingerprint density at radius 1 is 0.962 bits per heavy atom. The molecule has 3 nitrogen and oxygen atoms in total. The monoisotopic (exact) mass is 383 g/mol. The normalized spacial score (nSPS) is 10.6. The number of anilines is 1. The summed E-state index contributed by atoms with van der Waals surface area (Å²) >= 11 is 7.33. The van der Waals surface area contributed by atoms with Crippen molar-refractivity contribution in [2.75, 3.05) is 5.32 Å². The topological polar surface area (TPSA) is 46.2 Å². The second kappa shape index (κ2) is 7.44. The summed E-state index contributed by atoms with van der Waals surface area (Å²) in [6.45, 7) is 5.74. The summed E-state index contributed by atoms with van der Waals surface area (Å²) in [5, 5.41) is 4.08. The molecule has 3 aromatic rings. The van der Waals surface area contributed by atoms with Gasteiger partial charge in [-0.1, -0.05) is 29.8 Å². The number of rotatable bonds is 4. The van der Waals surface area contributed by atoms with Gasteiger partial charge in [-0.15, -0.1) is 11.3 Å². The molecule has 0 aliphatic heterocycles. The van der Waals surface area contributed by atoms with Crippen molar-refractivity contribution in [3.63, 3.8) is 0 Å². The zero-order chi connectivity index (χ0) is 18.8. The van der Waals surface area contributed by atoms with Gasteiger partial charge in [0.25, 0.3) is 5.91 Å². The molecule has 1 aromatic heterocycles. The summed E-state index contributed by atoms with van der Waals surface area (Å²) in [5.41, 5.74) is 3.45. The van der Waals surface area contributed by atoms with Crippen molar-refractivity contribution in [3.05, 3.63) is 86.2 Å². The van der Waals surface area contributed by atoms with Gasteiger partial charge in [-0.2, -0.15) is 0 Å². The largest absolute Gasteiger partial charge is 0.313 e. The summed E-state index contributed by atoms with van der Waals surface area (Å²) in [7, 11) is 0. The summed E-state index contributed by atoms with van der Waals surface area (Å²) in [6, 6.07) is 14.2. The molecule has 3 rings (SSSR count). The van der Waals surface area contributed by atoms with Crippen LogP contribution < -0.4 is 5.32 Å². The first kappa shape index (κ1) is 18.4. The van der Waals surface area contributed by atoms with Gasteiger partial charge in [0.2, 0.25) is 0 Å². The zero-order valence-electron chi connectivity index (χ0n) is 14.7. The Morgan fingerprint density at radius 3 is 2.27 bits per heavy atom. The molecule has 132 valence electrons. The van der Waals surface area contributed by atoms with Crippen LogP contribution in [-0.2, 0) is 0 Å². The molecule has 1 amide bonds. The van der Waals surface area contributed by atoms with Crippen molar-refractivity contribution >= 4 is 39.6 Å². The molecule has 0 bridgehead atoms. The minimum absolute atomic E-state index is 0.122. The minimum Gasteiger partial charge on any atom is -0.313 e. The van der Waals surface area contributed by atoms with Crippen molar-refractivity contribution in [1.82, 2.24) is 0 Å². The molecule has 0 aliphatic carbocycles. The van der Waals surface area contributed by atoms with Gasteiger partial charge < -0.3 is 5.32 Å². The van der Waals surface area contributed by atoms with E-state index in [0.717, 1.165) is 16.0 Å². The standard InChI is InChI=1S/C21H18ClNO2S/c1-12-6-4-5-7-17(12)20(25)23-21-18(13(2)14(3)26-21)19(24)15-8-10-16(22)11-9-15/h4-11H,1-3H3,(H,23,25). The highest BCUT2D eigenvalue weighted by molar-refractivity contribution is 7.17. The Balaban J connectivity index is 1.98. The van der Waals surface area contributed by atoms with Crippen molar-refractivity contribution in [2.24, 2.45) is 0 Å². The highest BCUT2D eigenvalue weighted by atomic mass is 35.5. The lowest BCUT2D eigenvalue weighted by atomic mass is 10.0. The maximum absolute atomic E-state index is 13.0. The van der Waals surface area contributed by atoms with E-state index in [1.165, 1.54) is 11.3 Å². The molecule has 1 heterocycles. The molecule has 0 unspecified atom stereocenters. The van der Waals surface area contributed by atoms with E-state index in [9.17, 15) is 9.59 Å². The lowest BCUT2D eigenvalue weighted by Crippen LogP contribution is -2.15. The van der Waals surface area contributed by atoms with Crippen LogP contribution in [0.15, 0.2) is 48.5 Å². The van der Waals surface area contributed by atoms with Crippen LogP contribution in [0.25, 0.3) is 0 Å².